The van der Waals surface area contributed by atoms with E-state index in [1.165, 1.54) is 30.5 Å². The van der Waals surface area contributed by atoms with Crippen LogP contribution in [0.2, 0.25) is 0 Å². The lowest BCUT2D eigenvalue weighted by atomic mass is 9.47. The van der Waals surface area contributed by atoms with E-state index in [0.29, 0.717) is 23.7 Å². The number of Topliss-reactive ketones (excluding diaryl/α,β-unsaturated/α-hetero) is 1. The van der Waals surface area contributed by atoms with Crippen molar-refractivity contribution in [2.75, 3.05) is 20.2 Å². The molecule has 3 aliphatic carbocycles. The van der Waals surface area contributed by atoms with Crippen LogP contribution in [0, 0.1) is 23.7 Å². The van der Waals surface area contributed by atoms with E-state index in [-0.39, 0.29) is 11.3 Å². The van der Waals surface area contributed by atoms with Crippen molar-refractivity contribution in [2.24, 2.45) is 23.7 Å². The SMILES string of the molecule is CC[C@H]1[C@H](C)C(=O)CC23CCN(CC4CC4)C(Cc4ccc(OC)cc42)[C@H]13. The molecule has 3 fully saturated rings. The van der Waals surface area contributed by atoms with Gasteiger partial charge in [-0.1, -0.05) is 26.3 Å². The van der Waals surface area contributed by atoms with E-state index in [1.807, 2.05) is 0 Å². The van der Waals surface area contributed by atoms with E-state index in [0.717, 1.165) is 43.9 Å². The van der Waals surface area contributed by atoms with Gasteiger partial charge in [-0.25, -0.2) is 0 Å². The van der Waals surface area contributed by atoms with Gasteiger partial charge < -0.3 is 4.74 Å². The molecule has 4 aliphatic rings. The van der Waals surface area contributed by atoms with Crippen molar-refractivity contribution in [2.45, 2.75) is 63.8 Å². The number of ether oxygens (including phenoxy) is 1. The van der Waals surface area contributed by atoms with Gasteiger partial charge in [0.15, 0.2) is 0 Å². The second-order valence-corrected chi connectivity index (χ2v) is 9.67. The second kappa shape index (κ2) is 6.34. The number of rotatable bonds is 4. The van der Waals surface area contributed by atoms with Gasteiger partial charge in [-0.15, -0.1) is 0 Å². The molecule has 1 heterocycles. The molecule has 2 unspecified atom stereocenters. The van der Waals surface area contributed by atoms with Crippen molar-refractivity contribution in [3.8, 4) is 5.75 Å². The molecule has 146 valence electrons. The molecule has 5 rings (SSSR count). The predicted molar refractivity (Wildman–Crippen MR) is 107 cm³/mol. The van der Waals surface area contributed by atoms with Crippen molar-refractivity contribution in [3.05, 3.63) is 29.3 Å². The molecule has 0 amide bonds. The molecule has 1 aliphatic heterocycles. The van der Waals surface area contributed by atoms with Gasteiger partial charge in [-0.2, -0.15) is 0 Å². The smallest absolute Gasteiger partial charge is 0.136 e. The van der Waals surface area contributed by atoms with Gasteiger partial charge in [0.2, 0.25) is 0 Å². The number of hydrogen-bond donors (Lipinski definition) is 0. The number of piperidine rings is 1. The minimum Gasteiger partial charge on any atom is -0.497 e. The zero-order valence-electron chi connectivity index (χ0n) is 17.0. The Kier molecular flexibility index (Phi) is 4.16. The largest absolute Gasteiger partial charge is 0.497 e. The van der Waals surface area contributed by atoms with Crippen LogP contribution >= 0.6 is 0 Å². The lowest BCUT2D eigenvalue weighted by molar-refractivity contribution is -0.139. The Labute approximate surface area is 163 Å². The number of carbonyl (C=O) groups is 1. The summed E-state index contributed by atoms with van der Waals surface area (Å²) in [5.74, 6) is 3.70. The highest BCUT2D eigenvalue weighted by Crippen LogP contribution is 2.59. The van der Waals surface area contributed by atoms with Gasteiger partial charge in [-0.3, -0.25) is 9.69 Å². The molecule has 1 saturated heterocycles. The topological polar surface area (TPSA) is 29.5 Å². The number of benzene rings is 1. The maximum atomic E-state index is 13.1. The average molecular weight is 368 g/mol. The average Bonchev–Trinajstić information content (AvgIpc) is 3.49. The first-order valence-corrected chi connectivity index (χ1v) is 11.0. The number of likely N-dealkylation sites (tertiary alicyclic amines) is 1. The third kappa shape index (κ3) is 2.61. The van der Waals surface area contributed by atoms with Crippen LogP contribution in [0.3, 0.4) is 0 Å². The minimum atomic E-state index is 0.0388. The van der Waals surface area contributed by atoms with Crippen LogP contribution < -0.4 is 4.74 Å². The van der Waals surface area contributed by atoms with Gasteiger partial charge in [0.05, 0.1) is 7.11 Å². The fraction of sp³-hybridized carbons (Fsp3) is 0.708. The van der Waals surface area contributed by atoms with E-state index in [1.54, 1.807) is 7.11 Å². The maximum absolute atomic E-state index is 13.1. The molecular weight excluding hydrogens is 334 g/mol. The van der Waals surface area contributed by atoms with Crippen LogP contribution in [0.4, 0.5) is 0 Å². The summed E-state index contributed by atoms with van der Waals surface area (Å²) in [4.78, 5) is 15.9. The minimum absolute atomic E-state index is 0.0388. The lowest BCUT2D eigenvalue weighted by Gasteiger charge is -2.62. The molecule has 1 aromatic rings. The molecule has 0 aromatic heterocycles. The Morgan fingerprint density at radius 3 is 2.81 bits per heavy atom. The fourth-order valence-electron chi connectivity index (χ4n) is 6.88. The third-order valence-corrected chi connectivity index (χ3v) is 8.41. The molecule has 5 atom stereocenters. The Hall–Kier alpha value is -1.35. The maximum Gasteiger partial charge on any atom is 0.136 e. The summed E-state index contributed by atoms with van der Waals surface area (Å²) in [6.07, 6.45) is 6.97. The Bertz CT molecular complexity index is 755. The van der Waals surface area contributed by atoms with Crippen LogP contribution in [-0.2, 0) is 16.6 Å². The summed E-state index contributed by atoms with van der Waals surface area (Å²) in [6.45, 7) is 6.94. The van der Waals surface area contributed by atoms with E-state index < -0.39 is 0 Å². The summed E-state index contributed by atoms with van der Waals surface area (Å²) in [5.41, 5.74) is 2.94. The summed E-state index contributed by atoms with van der Waals surface area (Å²) in [6, 6.07) is 7.27. The molecular formula is C24H33NO2. The standard InChI is InChI=1S/C24H33NO2/c1-4-19-15(2)22(26)13-24-9-10-25(14-16-5-6-16)21(23(19)24)11-17-7-8-18(27-3)12-20(17)24/h7-8,12,15-16,19,21,23H,4-6,9-11,13-14H2,1-3H3/t15-,19-,21?,23-,24?/m0/s1. The molecule has 2 saturated carbocycles. The Balaban J connectivity index is 1.64. The van der Waals surface area contributed by atoms with Gasteiger partial charge in [0.1, 0.15) is 11.5 Å². The normalized spacial score (nSPS) is 38.3. The number of carbonyl (C=O) groups excluding carboxylic acids is 1. The zero-order valence-corrected chi connectivity index (χ0v) is 17.0. The Morgan fingerprint density at radius 1 is 1.30 bits per heavy atom. The summed E-state index contributed by atoms with van der Waals surface area (Å²) < 4.78 is 5.58. The highest BCUT2D eigenvalue weighted by atomic mass is 16.5. The number of hydrogen-bond acceptors (Lipinski definition) is 3. The quantitative estimate of drug-likeness (QED) is 0.798. The molecule has 3 heteroatoms. The molecule has 0 N–H and O–H groups in total. The molecule has 1 aromatic carbocycles. The van der Waals surface area contributed by atoms with E-state index in [4.69, 9.17) is 4.74 Å². The number of methoxy groups -OCH3 is 1. The van der Waals surface area contributed by atoms with Crippen LogP contribution in [-0.4, -0.2) is 36.9 Å². The van der Waals surface area contributed by atoms with Gasteiger partial charge in [-0.05, 0) is 73.2 Å². The highest BCUT2D eigenvalue weighted by molar-refractivity contribution is 5.84. The summed E-state index contributed by atoms with van der Waals surface area (Å²) in [5, 5.41) is 0. The Morgan fingerprint density at radius 2 is 2.11 bits per heavy atom. The fourth-order valence-corrected chi connectivity index (χ4v) is 6.88. The molecule has 3 nitrogen and oxygen atoms in total. The second-order valence-electron chi connectivity index (χ2n) is 9.67. The van der Waals surface area contributed by atoms with Crippen molar-refractivity contribution >= 4 is 5.78 Å². The van der Waals surface area contributed by atoms with Gasteiger partial charge in [0, 0.05) is 30.3 Å². The van der Waals surface area contributed by atoms with Crippen LogP contribution in [0.15, 0.2) is 18.2 Å². The summed E-state index contributed by atoms with van der Waals surface area (Å²) in [7, 11) is 1.75. The predicted octanol–water partition coefficient (Wildman–Crippen LogP) is 4.22. The van der Waals surface area contributed by atoms with Crippen molar-refractivity contribution in [3.63, 3.8) is 0 Å². The highest BCUT2D eigenvalue weighted by Gasteiger charge is 2.60. The van der Waals surface area contributed by atoms with E-state index in [2.05, 4.69) is 36.9 Å². The van der Waals surface area contributed by atoms with Crippen LogP contribution in [0.5, 0.6) is 5.75 Å². The monoisotopic (exact) mass is 367 g/mol. The van der Waals surface area contributed by atoms with Crippen LogP contribution in [0.1, 0.15) is 57.1 Å². The first-order chi connectivity index (χ1) is 13.1. The van der Waals surface area contributed by atoms with Crippen molar-refractivity contribution in [1.82, 2.24) is 4.90 Å². The van der Waals surface area contributed by atoms with Gasteiger partial charge in [0.25, 0.3) is 0 Å². The number of ketones is 1. The van der Waals surface area contributed by atoms with E-state index in [9.17, 15) is 4.79 Å². The zero-order chi connectivity index (χ0) is 18.8. The molecule has 0 radical (unpaired) electrons. The summed E-state index contributed by atoms with van der Waals surface area (Å²) >= 11 is 0. The molecule has 2 bridgehead atoms. The van der Waals surface area contributed by atoms with Crippen LogP contribution in [0.25, 0.3) is 0 Å². The third-order valence-electron chi connectivity index (χ3n) is 8.41. The van der Waals surface area contributed by atoms with E-state index >= 15 is 0 Å². The molecule has 0 spiro atoms. The number of fused-ring (bicyclic) bond motifs is 1. The molecule has 27 heavy (non-hydrogen) atoms. The van der Waals surface area contributed by atoms with Crippen molar-refractivity contribution in [1.29, 1.82) is 0 Å². The lowest BCUT2D eigenvalue weighted by Crippen LogP contribution is -2.65. The van der Waals surface area contributed by atoms with Crippen molar-refractivity contribution < 1.29 is 9.53 Å². The van der Waals surface area contributed by atoms with Gasteiger partial charge >= 0.3 is 0 Å². The first kappa shape index (κ1) is 17.7. The number of nitrogens with zero attached hydrogens (tertiary/aromatic N) is 1. The first-order valence-electron chi connectivity index (χ1n) is 11.0.